The summed E-state index contributed by atoms with van der Waals surface area (Å²) in [5, 5.41) is 16.4. The fourth-order valence-electron chi connectivity index (χ4n) is 2.63. The Morgan fingerprint density at radius 1 is 1.31 bits per heavy atom. The molecule has 0 bridgehead atoms. The van der Waals surface area contributed by atoms with Crippen LogP contribution < -0.4 is 9.85 Å². The molecule has 2 heterocycles. The first-order chi connectivity index (χ1) is 12.6. The fraction of sp³-hybridized carbons (Fsp3) is 0.167. The van der Waals surface area contributed by atoms with E-state index in [9.17, 15) is 14.9 Å². The smallest absolute Gasteiger partial charge is 0.348 e. The quantitative estimate of drug-likeness (QED) is 0.431. The van der Waals surface area contributed by atoms with Crippen molar-refractivity contribution >= 4 is 23.2 Å². The number of para-hydroxylation sites is 2. The molecule has 0 spiro atoms. The topological polar surface area (TPSA) is 105 Å². The number of rotatable bonds is 5. The van der Waals surface area contributed by atoms with Crippen LogP contribution >= 0.6 is 0 Å². The Balaban J connectivity index is 2.01. The Morgan fingerprint density at radius 2 is 2.08 bits per heavy atom. The van der Waals surface area contributed by atoms with E-state index >= 15 is 0 Å². The predicted molar refractivity (Wildman–Crippen MR) is 97.4 cm³/mol. The van der Waals surface area contributed by atoms with E-state index in [-0.39, 0.29) is 22.4 Å². The van der Waals surface area contributed by atoms with Gasteiger partial charge in [-0.05, 0) is 24.6 Å². The molecule has 0 atom stereocenters. The predicted octanol–water partition coefficient (Wildman–Crippen LogP) is 2.01. The minimum atomic E-state index is -0.744. The van der Waals surface area contributed by atoms with E-state index in [1.807, 2.05) is 6.92 Å². The van der Waals surface area contributed by atoms with Crippen molar-refractivity contribution in [2.75, 3.05) is 0 Å². The lowest BCUT2D eigenvalue weighted by atomic mass is 10.1. The monoisotopic (exact) mass is 351 g/mol. The van der Waals surface area contributed by atoms with Crippen LogP contribution in [0.25, 0.3) is 11.0 Å². The Kier molecular flexibility index (Phi) is 5.02. The highest BCUT2D eigenvalue weighted by atomic mass is 16.5. The summed E-state index contributed by atoms with van der Waals surface area (Å²) in [6, 6.07) is 11.6. The van der Waals surface area contributed by atoms with Gasteiger partial charge >= 0.3 is 11.6 Å². The van der Waals surface area contributed by atoms with Gasteiger partial charge in [0.25, 0.3) is 5.52 Å². The molecule has 0 unspecified atom stereocenters. The first-order valence-corrected chi connectivity index (χ1v) is 8.14. The number of hydrazone groups is 1. The van der Waals surface area contributed by atoms with Gasteiger partial charge in [0, 0.05) is 17.2 Å². The third-order valence-corrected chi connectivity index (χ3v) is 3.79. The third-order valence-electron chi connectivity index (χ3n) is 3.79. The molecule has 0 aliphatic heterocycles. The second-order valence-corrected chi connectivity index (χ2v) is 5.58. The molecule has 26 heavy (non-hydrogen) atoms. The summed E-state index contributed by atoms with van der Waals surface area (Å²) in [6.45, 7) is 1.87. The van der Waals surface area contributed by atoms with Crippen LogP contribution in [0.4, 0.5) is 0 Å². The zero-order valence-electron chi connectivity index (χ0n) is 14.1. The Bertz CT molecular complexity index is 1030. The van der Waals surface area contributed by atoms with Gasteiger partial charge in [0.05, 0.1) is 22.0 Å². The average Bonchev–Trinajstić information content (AvgIpc) is 2.67. The number of hydrogen-bond donors (Lipinski definition) is 1. The third kappa shape index (κ3) is 3.30. The highest BCUT2D eigenvalue weighted by Crippen LogP contribution is 2.15. The van der Waals surface area contributed by atoms with Crippen LogP contribution in [0.2, 0.25) is 0 Å². The van der Waals surface area contributed by atoms with Crippen LogP contribution in [-0.4, -0.2) is 21.8 Å². The molecule has 1 aromatic carbocycles. The molecule has 0 radical (unpaired) electrons. The summed E-state index contributed by atoms with van der Waals surface area (Å²) in [4.78, 5) is 29.3. The van der Waals surface area contributed by atoms with Crippen LogP contribution in [0.15, 0.2) is 53.8 Å². The van der Waals surface area contributed by atoms with Gasteiger partial charge in [0.1, 0.15) is 5.52 Å². The first-order valence-electron chi connectivity index (χ1n) is 8.14. The van der Waals surface area contributed by atoms with Gasteiger partial charge in [-0.15, -0.1) is 0 Å². The first kappa shape index (κ1) is 17.3. The number of aromatic nitrogens is 3. The van der Waals surface area contributed by atoms with Crippen LogP contribution in [0.1, 0.15) is 35.2 Å². The van der Waals surface area contributed by atoms with E-state index in [0.29, 0.717) is 27.7 Å². The molecule has 1 N–H and O–H groups in total. The van der Waals surface area contributed by atoms with Crippen LogP contribution in [-0.2, 0) is 6.42 Å². The number of amides is 1. The van der Waals surface area contributed by atoms with Crippen molar-refractivity contribution in [1.29, 1.82) is 0 Å². The molecule has 3 aromatic rings. The van der Waals surface area contributed by atoms with Crippen molar-refractivity contribution in [3.63, 3.8) is 0 Å². The van der Waals surface area contributed by atoms with E-state index < -0.39 is 5.91 Å². The summed E-state index contributed by atoms with van der Waals surface area (Å²) in [6.07, 6.45) is 3.86. The largest absolute Gasteiger partial charge is 0.805 e. The molecule has 132 valence electrons. The number of hydrogen-bond acceptors (Lipinski definition) is 5. The van der Waals surface area contributed by atoms with Crippen LogP contribution in [0, 0.1) is 10.1 Å². The van der Waals surface area contributed by atoms with Gasteiger partial charge in [-0.3, -0.25) is 9.78 Å². The molecule has 3 rings (SSSR count). The highest BCUT2D eigenvalue weighted by molar-refractivity contribution is 5.93. The van der Waals surface area contributed by atoms with E-state index in [2.05, 4.69) is 15.5 Å². The Labute approximate surface area is 149 Å². The normalized spacial score (nSPS) is 11.1. The lowest BCUT2D eigenvalue weighted by molar-refractivity contribution is -0.468. The fourth-order valence-corrected chi connectivity index (χ4v) is 2.63. The second-order valence-electron chi connectivity index (χ2n) is 5.58. The van der Waals surface area contributed by atoms with Crippen molar-refractivity contribution in [2.45, 2.75) is 19.8 Å². The zero-order valence-corrected chi connectivity index (χ0v) is 14.1. The van der Waals surface area contributed by atoms with Gasteiger partial charge in [-0.2, -0.15) is 5.10 Å². The van der Waals surface area contributed by atoms with Gasteiger partial charge in [-0.1, -0.05) is 31.5 Å². The molecule has 0 saturated heterocycles. The van der Waals surface area contributed by atoms with E-state index in [1.54, 1.807) is 42.6 Å². The summed E-state index contributed by atoms with van der Waals surface area (Å²) in [7, 11) is 0. The molecule has 2 aromatic heterocycles. The molecule has 0 fully saturated rings. The minimum absolute atomic E-state index is 0.117. The number of carbonyl (C=O) groups excluding carboxylic acids is 1. The van der Waals surface area contributed by atoms with Crippen molar-refractivity contribution in [3.05, 3.63) is 75.9 Å². The molecule has 0 saturated carbocycles. The number of nitrogens with one attached hydrogen (secondary N) is 1. The summed E-state index contributed by atoms with van der Waals surface area (Å²) in [5.74, 6) is -0.744. The molecule has 8 nitrogen and oxygen atoms in total. The van der Waals surface area contributed by atoms with E-state index in [0.717, 1.165) is 0 Å². The maximum atomic E-state index is 12.7. The highest BCUT2D eigenvalue weighted by Gasteiger charge is 2.28. The van der Waals surface area contributed by atoms with Crippen LogP contribution in [0.3, 0.4) is 0 Å². The summed E-state index contributed by atoms with van der Waals surface area (Å²) >= 11 is 0. The van der Waals surface area contributed by atoms with E-state index in [1.165, 1.54) is 12.3 Å². The van der Waals surface area contributed by atoms with Crippen molar-refractivity contribution in [2.24, 2.45) is 5.10 Å². The van der Waals surface area contributed by atoms with Gasteiger partial charge in [0.15, 0.2) is 0 Å². The zero-order chi connectivity index (χ0) is 18.5. The summed E-state index contributed by atoms with van der Waals surface area (Å²) < 4.78 is 1.13. The van der Waals surface area contributed by atoms with Gasteiger partial charge < -0.3 is 9.94 Å². The van der Waals surface area contributed by atoms with Crippen molar-refractivity contribution < 1.29 is 9.22 Å². The number of fused-ring (bicyclic) bond motifs is 1. The lowest BCUT2D eigenvalue weighted by Crippen LogP contribution is -2.36. The standard InChI is InChI=1S/C18H17N5O3/c1-2-7-16-17(18(24)21-20-12-13-8-5-6-11-19-13)23(26)15-10-4-3-9-14(15)22(16)25/h3-6,8-12H,2,7H2,1H3,(H,21,24). The molecule has 1 amide bonds. The Hall–Kier alpha value is -3.55. The molecule has 0 aliphatic carbocycles. The minimum Gasteiger partial charge on any atom is -0.805 e. The molecule has 0 aliphatic rings. The number of nitrogens with zero attached hydrogens (tertiary/aromatic N) is 4. The average molecular weight is 351 g/mol. The molecular formula is C18H17N5O3. The second kappa shape index (κ2) is 7.56. The maximum absolute atomic E-state index is 12.7. The summed E-state index contributed by atoms with van der Waals surface area (Å²) in [5.41, 5.74) is 3.06. The van der Waals surface area contributed by atoms with Crippen molar-refractivity contribution in [1.82, 2.24) is 15.1 Å². The number of benzene rings is 1. The molecular weight excluding hydrogens is 334 g/mol. The van der Waals surface area contributed by atoms with Crippen molar-refractivity contribution in [3.8, 4) is 0 Å². The maximum Gasteiger partial charge on any atom is 0.348 e. The number of pyridine rings is 1. The van der Waals surface area contributed by atoms with E-state index in [4.69, 9.17) is 0 Å². The Morgan fingerprint density at radius 3 is 2.81 bits per heavy atom. The van der Waals surface area contributed by atoms with Crippen LogP contribution in [0.5, 0.6) is 0 Å². The number of carbonyl (C=O) groups is 1. The SMILES string of the molecule is CCCc1c(C(=O)NN=Cc2ccccn2)[n+](=O)c2ccccc2n1[O-]. The van der Waals surface area contributed by atoms with Gasteiger partial charge in [-0.25, -0.2) is 5.43 Å². The van der Waals surface area contributed by atoms with Gasteiger partial charge in [0.2, 0.25) is 0 Å². The molecule has 8 heteroatoms. The lowest BCUT2D eigenvalue weighted by Gasteiger charge is -2.18.